The zero-order chi connectivity index (χ0) is 37.8. The number of hydrogen-bond acceptors (Lipinski definition) is 11. The fraction of sp³-hybridized carbons (Fsp3) is 0.167. The van der Waals surface area contributed by atoms with Crippen LogP contribution in [0.15, 0.2) is 107 Å². The summed E-state index contributed by atoms with van der Waals surface area (Å²) in [4.78, 5) is 33.5. The molecule has 5 aromatic rings. The molecule has 1 heterocycles. The number of ether oxygens (including phenoxy) is 3. The molecule has 53 heavy (non-hydrogen) atoms. The smallest absolute Gasteiger partial charge is 0.497 e. The number of aromatic nitrogens is 3. The molecular formula is C36H32F3N7O6S. The molecule has 0 aliphatic rings. The van der Waals surface area contributed by atoms with E-state index in [9.17, 15) is 22.8 Å². The highest BCUT2D eigenvalue weighted by molar-refractivity contribution is 8.10. The fourth-order valence-corrected chi connectivity index (χ4v) is 5.06. The van der Waals surface area contributed by atoms with Gasteiger partial charge >= 0.3 is 18.4 Å². The number of hydrogen-bond donors (Lipinski definition) is 2. The predicted molar refractivity (Wildman–Crippen MR) is 192 cm³/mol. The summed E-state index contributed by atoms with van der Waals surface area (Å²) < 4.78 is 58.5. The van der Waals surface area contributed by atoms with E-state index in [2.05, 4.69) is 35.7 Å². The van der Waals surface area contributed by atoms with E-state index in [0.717, 1.165) is 16.7 Å². The van der Waals surface area contributed by atoms with E-state index >= 15 is 0 Å². The highest BCUT2D eigenvalue weighted by Gasteiger charge is 2.31. The van der Waals surface area contributed by atoms with Crippen molar-refractivity contribution in [3.63, 3.8) is 0 Å². The summed E-state index contributed by atoms with van der Waals surface area (Å²) in [6, 6.07) is 25.1. The van der Waals surface area contributed by atoms with Crippen LogP contribution in [0.3, 0.4) is 0 Å². The third kappa shape index (κ3) is 11.6. The van der Waals surface area contributed by atoms with Crippen molar-refractivity contribution in [1.82, 2.24) is 25.5 Å². The van der Waals surface area contributed by atoms with Gasteiger partial charge in [0.25, 0.3) is 0 Å². The highest BCUT2D eigenvalue weighted by Crippen LogP contribution is 2.30. The number of amidine groups is 1. The zero-order valence-electron chi connectivity index (χ0n) is 28.5. The monoisotopic (exact) mass is 747 g/mol. The molecule has 0 aliphatic heterocycles. The summed E-state index contributed by atoms with van der Waals surface area (Å²) in [7, 11) is 1.57. The number of aryl methyl sites for hydroxylation is 2. The van der Waals surface area contributed by atoms with Gasteiger partial charge in [0.2, 0.25) is 5.17 Å². The summed E-state index contributed by atoms with van der Waals surface area (Å²) in [6.07, 6.45) is -2.59. The van der Waals surface area contributed by atoms with Gasteiger partial charge in [-0.05, 0) is 72.5 Å². The third-order valence-electron chi connectivity index (χ3n) is 7.09. The minimum Gasteiger partial charge on any atom is -0.497 e. The number of halogens is 3. The summed E-state index contributed by atoms with van der Waals surface area (Å²) in [5.74, 6) is -0.0511. The second-order valence-corrected chi connectivity index (χ2v) is 11.7. The van der Waals surface area contributed by atoms with Crippen molar-refractivity contribution in [2.75, 3.05) is 13.7 Å². The maximum Gasteiger partial charge on any atom is 0.573 e. The van der Waals surface area contributed by atoms with Crippen LogP contribution < -0.4 is 20.2 Å². The number of nitrogens with zero attached hydrogens (tertiary/aromatic N) is 5. The van der Waals surface area contributed by atoms with Crippen LogP contribution in [0.2, 0.25) is 0 Å². The Bertz CT molecular complexity index is 2050. The van der Waals surface area contributed by atoms with Crippen LogP contribution >= 0.6 is 12.0 Å². The predicted octanol–water partition coefficient (Wildman–Crippen LogP) is 7.19. The van der Waals surface area contributed by atoms with Gasteiger partial charge in [-0.3, -0.25) is 5.43 Å². The second-order valence-electron chi connectivity index (χ2n) is 11.0. The molecular weight excluding hydrogens is 715 g/mol. The largest absolute Gasteiger partial charge is 0.573 e. The van der Waals surface area contributed by atoms with Crippen LogP contribution in [0.1, 0.15) is 22.3 Å². The molecule has 0 unspecified atom stereocenters. The highest BCUT2D eigenvalue weighted by atomic mass is 32.2. The number of carbonyl (C=O) groups excluding carboxylic acids is 2. The Morgan fingerprint density at radius 1 is 0.943 bits per heavy atom. The number of aliphatic imine (C=N–C) groups is 1. The Labute approximate surface area is 306 Å². The van der Waals surface area contributed by atoms with Crippen molar-refractivity contribution in [3.8, 4) is 28.6 Å². The van der Waals surface area contributed by atoms with Gasteiger partial charge < -0.3 is 23.7 Å². The first-order valence-electron chi connectivity index (χ1n) is 15.7. The van der Waals surface area contributed by atoms with E-state index in [1.807, 2.05) is 44.2 Å². The quantitative estimate of drug-likeness (QED) is 0.0615. The van der Waals surface area contributed by atoms with E-state index in [4.69, 9.17) is 13.7 Å². The van der Waals surface area contributed by atoms with Crippen LogP contribution in [-0.2, 0) is 20.3 Å². The maximum atomic E-state index is 12.5. The lowest BCUT2D eigenvalue weighted by atomic mass is 10.1. The van der Waals surface area contributed by atoms with Crippen molar-refractivity contribution in [1.29, 1.82) is 0 Å². The van der Waals surface area contributed by atoms with Gasteiger partial charge in [0, 0.05) is 5.56 Å². The number of hydrazone groups is 1. The first-order valence-corrected chi connectivity index (χ1v) is 16.4. The van der Waals surface area contributed by atoms with Crippen molar-refractivity contribution in [2.45, 2.75) is 26.8 Å². The number of alkyl halides is 3. The molecule has 5 rings (SSSR count). The van der Waals surface area contributed by atoms with Crippen molar-refractivity contribution in [3.05, 3.63) is 120 Å². The Hall–Kier alpha value is -6.36. The van der Waals surface area contributed by atoms with Crippen molar-refractivity contribution >= 4 is 41.2 Å². The Balaban J connectivity index is 1.21. The SMILES string of the molecule is COc1cc(C)c(/N=C(/N/N=C/c2ccc(-c3ncn(-c4ccc(OC(F)(F)F)cc4)n3)cc2)SOC(=O)CNC(=O)OCc2ccccc2)c(C)c1. The number of alkyl carbamates (subject to hydrolysis) is 1. The minimum atomic E-state index is -4.78. The zero-order valence-corrected chi connectivity index (χ0v) is 29.3. The van der Waals surface area contributed by atoms with Crippen LogP contribution in [0.5, 0.6) is 11.5 Å². The average molecular weight is 748 g/mol. The lowest BCUT2D eigenvalue weighted by Crippen LogP contribution is -2.30. The van der Waals surface area contributed by atoms with Crippen LogP contribution in [-0.4, -0.2) is 58.2 Å². The van der Waals surface area contributed by atoms with Crippen molar-refractivity contribution < 1.29 is 41.2 Å². The molecule has 0 saturated heterocycles. The first kappa shape index (κ1) is 37.9. The van der Waals surface area contributed by atoms with Gasteiger partial charge in [-0.25, -0.2) is 24.2 Å². The van der Waals surface area contributed by atoms with E-state index < -0.39 is 25.0 Å². The molecule has 0 aliphatic carbocycles. The van der Waals surface area contributed by atoms with Gasteiger partial charge in [0.05, 0.1) is 24.7 Å². The van der Waals surface area contributed by atoms with E-state index in [-0.39, 0.29) is 17.5 Å². The second kappa shape index (κ2) is 17.7. The summed E-state index contributed by atoms with van der Waals surface area (Å²) in [5.41, 5.74) is 7.68. The summed E-state index contributed by atoms with van der Waals surface area (Å²) in [6.45, 7) is 3.32. The Morgan fingerprint density at radius 3 is 2.30 bits per heavy atom. The van der Waals surface area contributed by atoms with Crippen LogP contribution in [0.25, 0.3) is 17.1 Å². The van der Waals surface area contributed by atoms with Gasteiger partial charge in [-0.1, -0.05) is 54.6 Å². The van der Waals surface area contributed by atoms with Crippen LogP contribution in [0, 0.1) is 13.8 Å². The number of amides is 1. The number of carbonyl (C=O) groups is 2. The first-order chi connectivity index (χ1) is 25.5. The molecule has 2 N–H and O–H groups in total. The van der Waals surface area contributed by atoms with Gasteiger partial charge in [0.1, 0.15) is 43.0 Å². The molecule has 17 heteroatoms. The Kier molecular flexibility index (Phi) is 12.7. The molecule has 4 aromatic carbocycles. The topological polar surface area (TPSA) is 151 Å². The number of methoxy groups -OCH3 is 1. The lowest BCUT2D eigenvalue weighted by Gasteiger charge is -2.11. The number of nitrogens with one attached hydrogen (secondary N) is 2. The number of benzene rings is 4. The molecule has 13 nitrogen and oxygen atoms in total. The summed E-state index contributed by atoms with van der Waals surface area (Å²) in [5, 5.41) is 11.2. The average Bonchev–Trinajstić information content (AvgIpc) is 3.64. The third-order valence-corrected chi connectivity index (χ3v) is 7.70. The standard InChI is InChI=1S/C36H32F3N7O6S/c1-23-17-30(49-3)18-24(2)32(23)43-34(53-52-31(47)20-40-35(48)50-21-26-7-5-4-6-8-26)44-42-19-25-9-11-27(12-10-25)33-41-22-46(45-33)28-13-15-29(16-14-28)51-36(37,38)39/h4-19,22H,20-21H2,1-3H3,(H,40,48)(H,43,44)/b42-19+. The van der Waals surface area contributed by atoms with Crippen LogP contribution in [0.4, 0.5) is 23.7 Å². The molecule has 0 atom stereocenters. The summed E-state index contributed by atoms with van der Waals surface area (Å²) >= 11 is 0.629. The van der Waals surface area contributed by atoms with E-state index in [1.165, 1.54) is 41.5 Å². The molecule has 0 saturated carbocycles. The van der Waals surface area contributed by atoms with E-state index in [1.54, 1.807) is 43.5 Å². The molecule has 1 aromatic heterocycles. The molecule has 0 radical (unpaired) electrons. The Morgan fingerprint density at radius 2 is 1.64 bits per heavy atom. The fourth-order valence-electron chi connectivity index (χ4n) is 4.61. The van der Waals surface area contributed by atoms with E-state index in [0.29, 0.717) is 46.1 Å². The molecule has 274 valence electrons. The lowest BCUT2D eigenvalue weighted by molar-refractivity contribution is -0.274. The van der Waals surface area contributed by atoms with Crippen molar-refractivity contribution in [2.24, 2.45) is 10.1 Å². The van der Waals surface area contributed by atoms with Gasteiger partial charge in [0.15, 0.2) is 5.82 Å². The molecule has 1 amide bonds. The maximum absolute atomic E-state index is 12.5. The number of rotatable bonds is 11. The minimum absolute atomic E-state index is 0.0461. The van der Waals surface area contributed by atoms with Gasteiger partial charge in [-0.15, -0.1) is 18.3 Å². The molecule has 0 fully saturated rings. The molecule has 0 bridgehead atoms. The normalized spacial score (nSPS) is 11.6. The molecule has 0 spiro atoms. The van der Waals surface area contributed by atoms with Gasteiger partial charge in [-0.2, -0.15) is 5.10 Å².